The van der Waals surface area contributed by atoms with Crippen LogP contribution in [-0.4, -0.2) is 40.8 Å². The molecule has 4 unspecified atom stereocenters. The molecule has 2 N–H and O–H groups in total. The van der Waals surface area contributed by atoms with Gasteiger partial charge in [-0.1, -0.05) is 27.2 Å². The van der Waals surface area contributed by atoms with Crippen LogP contribution in [0.4, 0.5) is 0 Å². The van der Waals surface area contributed by atoms with E-state index in [9.17, 15) is 4.21 Å². The zero-order valence-corrected chi connectivity index (χ0v) is 14.8. The Morgan fingerprint density at radius 2 is 2.10 bits per heavy atom. The average molecular weight is 314 g/mol. The molecule has 0 aliphatic heterocycles. The summed E-state index contributed by atoms with van der Waals surface area (Å²) >= 11 is 0. The summed E-state index contributed by atoms with van der Waals surface area (Å²) in [5, 5.41) is 7.35. The standard InChI is InChI=1S/C16H31N3OS/c1-5-21(20)14-8-6-7-13(9-14)19-15(17-4)18-11-12-10-16(12,2)3/h12-14H,5-11H2,1-4H3,(H2,17,18,19). The summed E-state index contributed by atoms with van der Waals surface area (Å²) in [6.45, 7) is 7.66. The second-order valence-corrected chi connectivity index (χ2v) is 9.15. The van der Waals surface area contributed by atoms with E-state index in [1.807, 2.05) is 14.0 Å². The van der Waals surface area contributed by atoms with E-state index >= 15 is 0 Å². The van der Waals surface area contributed by atoms with Gasteiger partial charge in [0.2, 0.25) is 0 Å². The highest BCUT2D eigenvalue weighted by atomic mass is 32.2. The summed E-state index contributed by atoms with van der Waals surface area (Å²) in [5.74, 6) is 2.45. The van der Waals surface area contributed by atoms with E-state index in [4.69, 9.17) is 0 Å². The molecule has 0 saturated heterocycles. The summed E-state index contributed by atoms with van der Waals surface area (Å²) in [5.41, 5.74) is 0.500. The zero-order valence-electron chi connectivity index (χ0n) is 13.9. The number of nitrogens with zero attached hydrogens (tertiary/aromatic N) is 1. The van der Waals surface area contributed by atoms with E-state index in [0.717, 1.165) is 43.4 Å². The number of rotatable bonds is 5. The fraction of sp³-hybridized carbons (Fsp3) is 0.938. The molecule has 2 fully saturated rings. The molecule has 4 nitrogen and oxygen atoms in total. The van der Waals surface area contributed by atoms with Crippen molar-refractivity contribution in [3.8, 4) is 0 Å². The Kier molecular flexibility index (Phi) is 5.69. The van der Waals surface area contributed by atoms with E-state index < -0.39 is 10.8 Å². The van der Waals surface area contributed by atoms with Gasteiger partial charge in [-0.15, -0.1) is 0 Å². The van der Waals surface area contributed by atoms with E-state index in [-0.39, 0.29) is 0 Å². The van der Waals surface area contributed by atoms with Crippen LogP contribution in [0.3, 0.4) is 0 Å². The van der Waals surface area contributed by atoms with Gasteiger partial charge in [-0.05, 0) is 37.0 Å². The van der Waals surface area contributed by atoms with Crippen molar-refractivity contribution in [1.29, 1.82) is 0 Å². The third-order valence-electron chi connectivity index (χ3n) is 5.08. The number of guanidine groups is 1. The number of aliphatic imine (C=N–C) groups is 1. The molecule has 122 valence electrons. The largest absolute Gasteiger partial charge is 0.356 e. The van der Waals surface area contributed by atoms with Gasteiger partial charge < -0.3 is 10.6 Å². The third kappa shape index (κ3) is 4.70. The van der Waals surface area contributed by atoms with Crippen molar-refractivity contribution in [3.05, 3.63) is 0 Å². The number of hydrogen-bond donors (Lipinski definition) is 2. The van der Waals surface area contributed by atoms with Gasteiger partial charge in [0, 0.05) is 41.4 Å². The Labute approximate surface area is 132 Å². The smallest absolute Gasteiger partial charge is 0.191 e. The van der Waals surface area contributed by atoms with Crippen molar-refractivity contribution >= 4 is 16.8 Å². The number of hydrogen-bond acceptors (Lipinski definition) is 2. The molecular weight excluding hydrogens is 282 g/mol. The van der Waals surface area contributed by atoms with Crippen LogP contribution in [0.2, 0.25) is 0 Å². The first-order valence-corrected chi connectivity index (χ1v) is 9.69. The predicted octanol–water partition coefficient (Wildman–Crippen LogP) is 2.28. The van der Waals surface area contributed by atoms with E-state index in [0.29, 0.717) is 16.7 Å². The summed E-state index contributed by atoms with van der Waals surface area (Å²) in [6, 6.07) is 0.415. The molecule has 0 aromatic rings. The van der Waals surface area contributed by atoms with Gasteiger partial charge in [-0.25, -0.2) is 0 Å². The van der Waals surface area contributed by atoms with Gasteiger partial charge in [0.15, 0.2) is 5.96 Å². The predicted molar refractivity (Wildman–Crippen MR) is 91.1 cm³/mol. The van der Waals surface area contributed by atoms with Gasteiger partial charge in [-0.3, -0.25) is 9.20 Å². The molecule has 0 aromatic heterocycles. The minimum atomic E-state index is -0.663. The normalized spacial score (nSPS) is 33.3. The van der Waals surface area contributed by atoms with Gasteiger partial charge in [0.05, 0.1) is 0 Å². The molecule has 0 radical (unpaired) electrons. The SMILES string of the molecule is CCS(=O)C1CCCC(NC(=NC)NCC2CC2(C)C)C1. The van der Waals surface area contributed by atoms with E-state index in [1.54, 1.807) is 0 Å². The fourth-order valence-electron chi connectivity index (χ4n) is 3.28. The Morgan fingerprint density at radius 3 is 2.67 bits per heavy atom. The maximum atomic E-state index is 12.0. The van der Waals surface area contributed by atoms with Crippen LogP contribution < -0.4 is 10.6 Å². The first kappa shape index (κ1) is 16.8. The van der Waals surface area contributed by atoms with Crippen molar-refractivity contribution in [3.63, 3.8) is 0 Å². The van der Waals surface area contributed by atoms with E-state index in [2.05, 4.69) is 29.5 Å². The minimum Gasteiger partial charge on any atom is -0.356 e. The van der Waals surface area contributed by atoms with Gasteiger partial charge in [0.1, 0.15) is 0 Å². The molecule has 4 atom stereocenters. The molecular formula is C16H31N3OS. The lowest BCUT2D eigenvalue weighted by atomic mass is 9.95. The molecule has 2 aliphatic rings. The highest BCUT2D eigenvalue weighted by molar-refractivity contribution is 7.85. The van der Waals surface area contributed by atoms with Crippen molar-refractivity contribution in [2.24, 2.45) is 16.3 Å². The fourth-order valence-corrected chi connectivity index (χ4v) is 4.63. The van der Waals surface area contributed by atoms with Crippen LogP contribution in [0.25, 0.3) is 0 Å². The van der Waals surface area contributed by atoms with Crippen LogP contribution in [0.15, 0.2) is 4.99 Å². The molecule has 0 spiro atoms. The topological polar surface area (TPSA) is 53.5 Å². The van der Waals surface area contributed by atoms with Crippen LogP contribution >= 0.6 is 0 Å². The third-order valence-corrected chi connectivity index (χ3v) is 6.82. The Hall–Kier alpha value is -0.580. The monoisotopic (exact) mass is 313 g/mol. The first-order valence-electron chi connectivity index (χ1n) is 8.30. The molecule has 2 aliphatic carbocycles. The molecule has 2 saturated carbocycles. The second-order valence-electron chi connectivity index (χ2n) is 7.14. The Balaban J connectivity index is 1.77. The van der Waals surface area contributed by atoms with Gasteiger partial charge in [0.25, 0.3) is 0 Å². The van der Waals surface area contributed by atoms with Crippen LogP contribution in [0.5, 0.6) is 0 Å². The molecule has 0 heterocycles. The van der Waals surface area contributed by atoms with Crippen LogP contribution in [-0.2, 0) is 10.8 Å². The van der Waals surface area contributed by atoms with Crippen molar-refractivity contribution in [1.82, 2.24) is 10.6 Å². The first-order chi connectivity index (χ1) is 9.96. The summed E-state index contributed by atoms with van der Waals surface area (Å²) < 4.78 is 12.0. The molecule has 0 bridgehead atoms. The maximum Gasteiger partial charge on any atom is 0.191 e. The Morgan fingerprint density at radius 1 is 1.38 bits per heavy atom. The lowest BCUT2D eigenvalue weighted by molar-refractivity contribution is 0.412. The molecule has 21 heavy (non-hydrogen) atoms. The second kappa shape index (κ2) is 7.12. The summed E-state index contributed by atoms with van der Waals surface area (Å²) in [6.07, 6.45) is 5.75. The van der Waals surface area contributed by atoms with Crippen molar-refractivity contribution in [2.45, 2.75) is 64.2 Å². The van der Waals surface area contributed by atoms with Crippen LogP contribution in [0.1, 0.15) is 52.9 Å². The zero-order chi connectivity index (χ0) is 15.5. The minimum absolute atomic E-state index is 0.363. The Bertz CT molecular complexity index is 408. The van der Waals surface area contributed by atoms with Gasteiger partial charge >= 0.3 is 0 Å². The summed E-state index contributed by atoms with van der Waals surface area (Å²) in [7, 11) is 1.17. The highest BCUT2D eigenvalue weighted by Gasteiger charge is 2.45. The average Bonchev–Trinajstić information content (AvgIpc) is 3.10. The van der Waals surface area contributed by atoms with Crippen molar-refractivity contribution in [2.75, 3.05) is 19.3 Å². The highest BCUT2D eigenvalue weighted by Crippen LogP contribution is 2.50. The lowest BCUT2D eigenvalue weighted by Gasteiger charge is -2.30. The number of nitrogens with one attached hydrogen (secondary N) is 2. The van der Waals surface area contributed by atoms with Crippen molar-refractivity contribution < 1.29 is 4.21 Å². The molecule has 5 heteroatoms. The van der Waals surface area contributed by atoms with E-state index in [1.165, 1.54) is 12.8 Å². The molecule has 0 aromatic carbocycles. The lowest BCUT2D eigenvalue weighted by Crippen LogP contribution is -2.47. The molecule has 2 rings (SSSR count). The molecule has 0 amide bonds. The summed E-state index contributed by atoms with van der Waals surface area (Å²) in [4.78, 5) is 4.34. The van der Waals surface area contributed by atoms with Gasteiger partial charge in [-0.2, -0.15) is 0 Å². The van der Waals surface area contributed by atoms with Crippen LogP contribution in [0, 0.1) is 11.3 Å². The quantitative estimate of drug-likeness (QED) is 0.605. The maximum absolute atomic E-state index is 12.0.